The van der Waals surface area contributed by atoms with E-state index >= 15 is 0 Å². The van der Waals surface area contributed by atoms with Crippen molar-refractivity contribution < 1.29 is 14.1 Å². The molecule has 0 aliphatic heterocycles. The van der Waals surface area contributed by atoms with Gasteiger partial charge in [0.15, 0.2) is 0 Å². The third-order valence-corrected chi connectivity index (χ3v) is 2.19. The summed E-state index contributed by atoms with van der Waals surface area (Å²) in [6.07, 6.45) is -1.39. The first-order valence-corrected chi connectivity index (χ1v) is 4.76. The second-order valence-corrected chi connectivity index (χ2v) is 3.23. The minimum absolute atomic E-state index is 0.00907. The molecule has 2 N–H and O–H groups in total. The Morgan fingerprint density at radius 1 is 1.62 bits per heavy atom. The monoisotopic (exact) mass is 228 g/mol. The number of rotatable bonds is 5. The molecule has 1 rings (SSSR count). The zero-order valence-electron chi connectivity index (χ0n) is 8.85. The van der Waals surface area contributed by atoms with Crippen molar-refractivity contribution in [3.05, 3.63) is 33.9 Å². The smallest absolute Gasteiger partial charge is 0.275 e. The first-order valence-electron chi connectivity index (χ1n) is 4.76. The molecule has 1 aromatic rings. The summed E-state index contributed by atoms with van der Waals surface area (Å²) in [7, 11) is 1.42. The molecule has 0 radical (unpaired) electrons. The molecule has 0 aliphatic carbocycles. The van der Waals surface area contributed by atoms with Crippen molar-refractivity contribution in [2.75, 3.05) is 13.7 Å². The molecule has 0 bridgehead atoms. The molecule has 0 saturated heterocycles. The van der Waals surface area contributed by atoms with Crippen LogP contribution in [0.1, 0.15) is 18.2 Å². The SMILES string of the molecule is COc1ccc([N+](=O)[O-])c(C(F)CCN)c1. The van der Waals surface area contributed by atoms with Crippen LogP contribution in [-0.4, -0.2) is 18.6 Å². The molecular weight excluding hydrogens is 215 g/mol. The molecule has 88 valence electrons. The van der Waals surface area contributed by atoms with Crippen LogP contribution < -0.4 is 10.5 Å². The number of benzene rings is 1. The lowest BCUT2D eigenvalue weighted by Crippen LogP contribution is -2.06. The molecule has 0 spiro atoms. The van der Waals surface area contributed by atoms with E-state index in [1.165, 1.54) is 25.3 Å². The van der Waals surface area contributed by atoms with E-state index in [1.807, 2.05) is 0 Å². The number of hydrogen-bond acceptors (Lipinski definition) is 4. The number of alkyl halides is 1. The molecule has 0 fully saturated rings. The number of halogens is 1. The highest BCUT2D eigenvalue weighted by Crippen LogP contribution is 2.32. The Morgan fingerprint density at radius 2 is 2.31 bits per heavy atom. The van der Waals surface area contributed by atoms with E-state index in [0.717, 1.165) is 0 Å². The largest absolute Gasteiger partial charge is 0.497 e. The molecule has 6 heteroatoms. The van der Waals surface area contributed by atoms with Crippen molar-refractivity contribution in [1.82, 2.24) is 0 Å². The van der Waals surface area contributed by atoms with Gasteiger partial charge < -0.3 is 10.5 Å². The predicted molar refractivity (Wildman–Crippen MR) is 57.2 cm³/mol. The molecule has 1 atom stereocenters. The van der Waals surface area contributed by atoms with E-state index in [4.69, 9.17) is 10.5 Å². The third kappa shape index (κ3) is 2.66. The molecule has 1 unspecified atom stereocenters. The zero-order valence-corrected chi connectivity index (χ0v) is 8.85. The minimum Gasteiger partial charge on any atom is -0.497 e. The summed E-state index contributed by atoms with van der Waals surface area (Å²) in [5, 5.41) is 10.7. The Labute approximate surface area is 92.2 Å². The Bertz CT molecular complexity index is 384. The van der Waals surface area contributed by atoms with Crippen molar-refractivity contribution in [2.45, 2.75) is 12.6 Å². The lowest BCUT2D eigenvalue weighted by molar-refractivity contribution is -0.386. The summed E-state index contributed by atoms with van der Waals surface area (Å²) >= 11 is 0. The van der Waals surface area contributed by atoms with E-state index in [1.54, 1.807) is 0 Å². The van der Waals surface area contributed by atoms with Gasteiger partial charge in [-0.2, -0.15) is 0 Å². The summed E-state index contributed by atoms with van der Waals surface area (Å²) in [4.78, 5) is 10.1. The molecule has 5 nitrogen and oxygen atoms in total. The summed E-state index contributed by atoms with van der Waals surface area (Å²) in [6, 6.07) is 3.99. The predicted octanol–water partition coefficient (Wildman–Crippen LogP) is 1.96. The normalized spacial score (nSPS) is 12.2. The van der Waals surface area contributed by atoms with Crippen LogP contribution in [0.25, 0.3) is 0 Å². The number of nitro benzene ring substituents is 1. The van der Waals surface area contributed by atoms with Gasteiger partial charge in [0.1, 0.15) is 11.9 Å². The number of nitro groups is 1. The van der Waals surface area contributed by atoms with E-state index in [-0.39, 0.29) is 24.2 Å². The number of nitrogens with two attached hydrogens (primary N) is 1. The zero-order chi connectivity index (χ0) is 12.1. The van der Waals surface area contributed by atoms with Gasteiger partial charge in [-0.15, -0.1) is 0 Å². The first-order chi connectivity index (χ1) is 7.60. The van der Waals surface area contributed by atoms with Gasteiger partial charge in [0.05, 0.1) is 17.6 Å². The van der Waals surface area contributed by atoms with Crippen molar-refractivity contribution in [2.24, 2.45) is 5.73 Å². The van der Waals surface area contributed by atoms with Crippen LogP contribution in [0.15, 0.2) is 18.2 Å². The topological polar surface area (TPSA) is 78.4 Å². The Kier molecular flexibility index (Phi) is 4.19. The average molecular weight is 228 g/mol. The number of hydrogen-bond donors (Lipinski definition) is 1. The number of methoxy groups -OCH3 is 1. The minimum atomic E-state index is -1.44. The van der Waals surface area contributed by atoms with Crippen molar-refractivity contribution in [1.29, 1.82) is 0 Å². The van der Waals surface area contributed by atoms with Gasteiger partial charge in [-0.05, 0) is 25.1 Å². The van der Waals surface area contributed by atoms with Crippen LogP contribution in [-0.2, 0) is 0 Å². The van der Waals surface area contributed by atoms with Crippen molar-refractivity contribution in [3.8, 4) is 5.75 Å². The van der Waals surface area contributed by atoms with Crippen LogP contribution in [0.4, 0.5) is 10.1 Å². The summed E-state index contributed by atoms with van der Waals surface area (Å²) < 4.78 is 18.5. The van der Waals surface area contributed by atoms with Crippen LogP contribution in [0.5, 0.6) is 5.75 Å². The van der Waals surface area contributed by atoms with Crippen molar-refractivity contribution >= 4 is 5.69 Å². The molecule has 0 amide bonds. The molecular formula is C10H13FN2O3. The van der Waals surface area contributed by atoms with E-state index in [0.29, 0.717) is 5.75 Å². The fourth-order valence-corrected chi connectivity index (χ4v) is 1.38. The highest BCUT2D eigenvalue weighted by atomic mass is 19.1. The second kappa shape index (κ2) is 5.41. The third-order valence-electron chi connectivity index (χ3n) is 2.19. The maximum Gasteiger partial charge on any atom is 0.275 e. The summed E-state index contributed by atoms with van der Waals surface area (Å²) in [6.45, 7) is 0.134. The molecule has 1 aromatic carbocycles. The van der Waals surface area contributed by atoms with Gasteiger partial charge in [0.25, 0.3) is 5.69 Å². The van der Waals surface area contributed by atoms with Gasteiger partial charge in [0, 0.05) is 6.07 Å². The Morgan fingerprint density at radius 3 is 2.81 bits per heavy atom. The lowest BCUT2D eigenvalue weighted by atomic mass is 10.1. The van der Waals surface area contributed by atoms with Crippen LogP contribution in [0.2, 0.25) is 0 Å². The van der Waals surface area contributed by atoms with Crippen LogP contribution in [0.3, 0.4) is 0 Å². The fraction of sp³-hybridized carbons (Fsp3) is 0.400. The van der Waals surface area contributed by atoms with Gasteiger partial charge in [-0.3, -0.25) is 10.1 Å². The van der Waals surface area contributed by atoms with Crippen LogP contribution >= 0.6 is 0 Å². The lowest BCUT2D eigenvalue weighted by Gasteiger charge is -2.09. The number of ether oxygens (including phenoxy) is 1. The highest BCUT2D eigenvalue weighted by Gasteiger charge is 2.21. The standard InChI is InChI=1S/C10H13FN2O3/c1-16-7-2-3-10(13(14)15)8(6-7)9(11)4-5-12/h2-3,6,9H,4-5,12H2,1H3. The highest BCUT2D eigenvalue weighted by molar-refractivity contribution is 5.46. The van der Waals surface area contributed by atoms with Gasteiger partial charge >= 0.3 is 0 Å². The molecule has 16 heavy (non-hydrogen) atoms. The summed E-state index contributed by atoms with van der Waals surface area (Å²) in [5.74, 6) is 0.389. The number of nitrogens with zero attached hydrogens (tertiary/aromatic N) is 1. The molecule has 0 aliphatic rings. The Balaban J connectivity index is 3.14. The maximum atomic E-state index is 13.6. The first kappa shape index (κ1) is 12.4. The van der Waals surface area contributed by atoms with Gasteiger partial charge in [-0.25, -0.2) is 4.39 Å². The maximum absolute atomic E-state index is 13.6. The molecule has 0 heterocycles. The average Bonchev–Trinajstić information content (AvgIpc) is 2.28. The molecule has 0 saturated carbocycles. The second-order valence-electron chi connectivity index (χ2n) is 3.23. The van der Waals surface area contributed by atoms with E-state index < -0.39 is 11.1 Å². The Hall–Kier alpha value is -1.69. The van der Waals surface area contributed by atoms with Gasteiger partial charge in [0.2, 0.25) is 0 Å². The summed E-state index contributed by atoms with van der Waals surface area (Å²) in [5.41, 5.74) is 4.98. The van der Waals surface area contributed by atoms with Gasteiger partial charge in [-0.1, -0.05) is 0 Å². The van der Waals surface area contributed by atoms with E-state index in [9.17, 15) is 14.5 Å². The fourth-order valence-electron chi connectivity index (χ4n) is 1.38. The van der Waals surface area contributed by atoms with E-state index in [2.05, 4.69) is 0 Å². The molecule has 0 aromatic heterocycles. The van der Waals surface area contributed by atoms with Crippen molar-refractivity contribution in [3.63, 3.8) is 0 Å². The van der Waals surface area contributed by atoms with Crippen LogP contribution in [0, 0.1) is 10.1 Å². The quantitative estimate of drug-likeness (QED) is 0.617.